The maximum atomic E-state index is 12.0. The molecule has 0 radical (unpaired) electrons. The van der Waals surface area contributed by atoms with Crippen molar-refractivity contribution < 1.29 is 14.2 Å². The molecular weight excluding hydrogens is 344 g/mol. The lowest BCUT2D eigenvalue weighted by Crippen LogP contribution is -2.30. The van der Waals surface area contributed by atoms with Crippen molar-refractivity contribution in [2.45, 2.75) is 6.92 Å². The lowest BCUT2D eigenvalue weighted by Gasteiger charge is -2.09. The highest BCUT2D eigenvalue weighted by molar-refractivity contribution is 5.94. The largest absolute Gasteiger partial charge is 0.360 e. The molecule has 0 aliphatic rings. The van der Waals surface area contributed by atoms with Crippen molar-refractivity contribution in [1.82, 2.24) is 25.5 Å². The Kier molecular flexibility index (Phi) is 4.65. The molecule has 12 nitrogen and oxygen atoms in total. The molecule has 0 saturated heterocycles. The van der Waals surface area contributed by atoms with Crippen molar-refractivity contribution in [1.29, 1.82) is 0 Å². The number of hydrogen-bond acceptors (Lipinski definition) is 10. The van der Waals surface area contributed by atoms with E-state index >= 15 is 0 Å². The Morgan fingerprint density at radius 2 is 2.12 bits per heavy atom. The predicted molar refractivity (Wildman–Crippen MR) is 88.5 cm³/mol. The summed E-state index contributed by atoms with van der Waals surface area (Å²) in [5.41, 5.74) is 4.54. The van der Waals surface area contributed by atoms with Gasteiger partial charge in [0.05, 0.1) is 10.5 Å². The third-order valence-corrected chi connectivity index (χ3v) is 3.10. The van der Waals surface area contributed by atoms with Crippen molar-refractivity contribution in [3.63, 3.8) is 0 Å². The van der Waals surface area contributed by atoms with E-state index in [4.69, 9.17) is 4.52 Å². The van der Waals surface area contributed by atoms with Gasteiger partial charge in [-0.25, -0.2) is 9.97 Å². The van der Waals surface area contributed by atoms with Crippen LogP contribution >= 0.6 is 0 Å². The SMILES string of the molecule is Cc1cc(Nc2ncnc(NNC(=O)c3cccnc3)c2[N+](=O)[O-])no1. The average Bonchev–Trinajstić information content (AvgIpc) is 3.05. The van der Waals surface area contributed by atoms with Crippen LogP contribution in [0.3, 0.4) is 0 Å². The van der Waals surface area contributed by atoms with Gasteiger partial charge in [0.25, 0.3) is 5.91 Å². The molecular formula is C14H12N8O4. The first kappa shape index (κ1) is 16.8. The van der Waals surface area contributed by atoms with Crippen LogP contribution in [0.2, 0.25) is 0 Å². The molecule has 0 bridgehead atoms. The first-order chi connectivity index (χ1) is 12.5. The summed E-state index contributed by atoms with van der Waals surface area (Å²) in [6.45, 7) is 1.67. The van der Waals surface area contributed by atoms with Crippen LogP contribution in [0.15, 0.2) is 41.4 Å². The Morgan fingerprint density at radius 1 is 1.31 bits per heavy atom. The average molecular weight is 356 g/mol. The number of amides is 1. The van der Waals surface area contributed by atoms with Crippen LogP contribution < -0.4 is 16.2 Å². The van der Waals surface area contributed by atoms with Gasteiger partial charge in [-0.05, 0) is 19.1 Å². The molecule has 0 spiro atoms. The second kappa shape index (κ2) is 7.21. The summed E-state index contributed by atoms with van der Waals surface area (Å²) in [5.74, 6) is -0.0880. The van der Waals surface area contributed by atoms with Gasteiger partial charge in [-0.3, -0.25) is 30.7 Å². The quantitative estimate of drug-likeness (QED) is 0.436. The van der Waals surface area contributed by atoms with E-state index in [0.717, 1.165) is 6.33 Å². The van der Waals surface area contributed by atoms with E-state index in [1.54, 1.807) is 19.1 Å². The fourth-order valence-corrected chi connectivity index (χ4v) is 1.97. The van der Waals surface area contributed by atoms with Crippen molar-refractivity contribution >= 4 is 29.0 Å². The number of nitro groups is 1. The highest BCUT2D eigenvalue weighted by Crippen LogP contribution is 2.30. The van der Waals surface area contributed by atoms with Crippen molar-refractivity contribution in [3.05, 3.63) is 58.4 Å². The molecule has 3 aromatic rings. The summed E-state index contributed by atoms with van der Waals surface area (Å²) in [6, 6.07) is 4.67. The van der Waals surface area contributed by atoms with Crippen LogP contribution in [-0.4, -0.2) is 30.9 Å². The van der Waals surface area contributed by atoms with E-state index in [2.05, 4.69) is 36.3 Å². The lowest BCUT2D eigenvalue weighted by molar-refractivity contribution is -0.383. The summed E-state index contributed by atoms with van der Waals surface area (Å²) in [6.07, 6.45) is 3.97. The third kappa shape index (κ3) is 3.69. The van der Waals surface area contributed by atoms with Gasteiger partial charge in [0.2, 0.25) is 11.6 Å². The molecule has 1 amide bonds. The molecule has 3 heterocycles. The monoisotopic (exact) mass is 356 g/mol. The molecule has 0 fully saturated rings. The van der Waals surface area contributed by atoms with Gasteiger partial charge < -0.3 is 9.84 Å². The summed E-state index contributed by atoms with van der Waals surface area (Å²) < 4.78 is 4.89. The van der Waals surface area contributed by atoms with E-state index in [1.807, 2.05) is 0 Å². The van der Waals surface area contributed by atoms with Gasteiger partial charge in [-0.15, -0.1) is 0 Å². The number of carbonyl (C=O) groups is 1. The van der Waals surface area contributed by atoms with Gasteiger partial charge in [-0.2, -0.15) is 0 Å². The minimum Gasteiger partial charge on any atom is -0.360 e. The molecule has 0 unspecified atom stereocenters. The van der Waals surface area contributed by atoms with Crippen LogP contribution in [0.25, 0.3) is 0 Å². The molecule has 0 saturated carbocycles. The number of nitrogens with zero attached hydrogens (tertiary/aromatic N) is 5. The molecule has 3 aromatic heterocycles. The lowest BCUT2D eigenvalue weighted by atomic mass is 10.3. The highest BCUT2D eigenvalue weighted by atomic mass is 16.6. The smallest absolute Gasteiger partial charge is 0.355 e. The number of aryl methyl sites for hydroxylation is 1. The second-order valence-corrected chi connectivity index (χ2v) is 4.95. The molecule has 132 valence electrons. The van der Waals surface area contributed by atoms with E-state index in [1.165, 1.54) is 18.5 Å². The number of aromatic nitrogens is 4. The summed E-state index contributed by atoms with van der Waals surface area (Å²) in [5, 5.41) is 17.8. The third-order valence-electron chi connectivity index (χ3n) is 3.10. The maximum absolute atomic E-state index is 12.0. The first-order valence-electron chi connectivity index (χ1n) is 7.20. The Labute approximate surface area is 145 Å². The summed E-state index contributed by atoms with van der Waals surface area (Å²) >= 11 is 0. The van der Waals surface area contributed by atoms with E-state index in [-0.39, 0.29) is 23.0 Å². The zero-order valence-electron chi connectivity index (χ0n) is 13.3. The van der Waals surface area contributed by atoms with Crippen LogP contribution in [0, 0.1) is 17.0 Å². The zero-order valence-corrected chi connectivity index (χ0v) is 13.3. The standard InChI is InChI=1S/C14H12N8O4/c1-8-5-10(21-26-8)18-12-11(22(24)25)13(17-7-16-12)19-20-14(23)9-3-2-4-15-6-9/h2-7H,1H3,(H,20,23)(H2,16,17,18,19,21). The predicted octanol–water partition coefficient (Wildman–Crippen LogP) is 1.58. The molecule has 3 rings (SSSR count). The van der Waals surface area contributed by atoms with Gasteiger partial charge in [0, 0.05) is 18.5 Å². The molecule has 0 aliphatic carbocycles. The van der Waals surface area contributed by atoms with E-state index in [0.29, 0.717) is 5.76 Å². The number of nitrogens with one attached hydrogen (secondary N) is 3. The van der Waals surface area contributed by atoms with Crippen molar-refractivity contribution in [2.75, 3.05) is 10.7 Å². The summed E-state index contributed by atoms with van der Waals surface area (Å²) in [4.78, 5) is 34.2. The van der Waals surface area contributed by atoms with Gasteiger partial charge >= 0.3 is 5.69 Å². The zero-order chi connectivity index (χ0) is 18.5. The normalized spacial score (nSPS) is 10.2. The molecule has 0 aromatic carbocycles. The Balaban J connectivity index is 1.81. The molecule has 3 N–H and O–H groups in total. The van der Waals surface area contributed by atoms with E-state index < -0.39 is 16.5 Å². The van der Waals surface area contributed by atoms with Crippen LogP contribution in [-0.2, 0) is 0 Å². The topological polar surface area (TPSA) is 161 Å². The number of anilines is 3. The number of hydrogen-bond donors (Lipinski definition) is 3. The Bertz CT molecular complexity index is 943. The maximum Gasteiger partial charge on any atom is 0.355 e. The van der Waals surface area contributed by atoms with Crippen molar-refractivity contribution in [3.8, 4) is 0 Å². The fourth-order valence-electron chi connectivity index (χ4n) is 1.97. The fraction of sp³-hybridized carbons (Fsp3) is 0.0714. The van der Waals surface area contributed by atoms with Gasteiger partial charge in [-0.1, -0.05) is 5.16 Å². The minimum atomic E-state index is -0.687. The Hall–Kier alpha value is -4.09. The van der Waals surface area contributed by atoms with E-state index in [9.17, 15) is 14.9 Å². The first-order valence-corrected chi connectivity index (χ1v) is 7.20. The molecule has 0 atom stereocenters. The van der Waals surface area contributed by atoms with Crippen LogP contribution in [0.4, 0.5) is 23.1 Å². The van der Waals surface area contributed by atoms with Gasteiger partial charge in [0.15, 0.2) is 5.82 Å². The highest BCUT2D eigenvalue weighted by Gasteiger charge is 2.24. The minimum absolute atomic E-state index is 0.114. The molecule has 0 aliphatic heterocycles. The molecule has 26 heavy (non-hydrogen) atoms. The van der Waals surface area contributed by atoms with Gasteiger partial charge in [0.1, 0.15) is 12.1 Å². The van der Waals surface area contributed by atoms with Crippen molar-refractivity contribution in [2.24, 2.45) is 0 Å². The summed E-state index contributed by atoms with van der Waals surface area (Å²) in [7, 11) is 0. The number of hydrazine groups is 1. The molecule has 12 heteroatoms. The van der Waals surface area contributed by atoms with Crippen LogP contribution in [0.1, 0.15) is 16.1 Å². The number of pyridine rings is 1. The van der Waals surface area contributed by atoms with Crippen LogP contribution in [0.5, 0.6) is 0 Å². The Morgan fingerprint density at radius 3 is 2.77 bits per heavy atom. The number of rotatable bonds is 6. The number of carbonyl (C=O) groups excluding carboxylic acids is 1. The second-order valence-electron chi connectivity index (χ2n) is 4.95.